The summed E-state index contributed by atoms with van der Waals surface area (Å²) in [4.78, 5) is 2.45. The van der Waals surface area contributed by atoms with Crippen LogP contribution < -0.4 is 10.6 Å². The minimum atomic E-state index is 0.484. The van der Waals surface area contributed by atoms with Crippen molar-refractivity contribution in [3.05, 3.63) is 41.5 Å². The first-order chi connectivity index (χ1) is 11.4. The highest BCUT2D eigenvalue weighted by molar-refractivity contribution is 5.57. The summed E-state index contributed by atoms with van der Waals surface area (Å²) in [6.45, 7) is 3.69. The van der Waals surface area contributed by atoms with Gasteiger partial charge in [0.25, 0.3) is 0 Å². The molecule has 0 amide bonds. The number of fused-ring (bicyclic) bond motifs is 2. The van der Waals surface area contributed by atoms with Crippen LogP contribution in [0.25, 0.3) is 0 Å². The Bertz CT molecular complexity index is 678. The van der Waals surface area contributed by atoms with Gasteiger partial charge in [-0.2, -0.15) is 0 Å². The predicted octanol–water partition coefficient (Wildman–Crippen LogP) is 2.46. The smallest absolute Gasteiger partial charge is 0.152 e. The summed E-state index contributed by atoms with van der Waals surface area (Å²) < 4.78 is 2.35. The highest BCUT2D eigenvalue weighted by atomic mass is 15.3. The first kappa shape index (κ1) is 14.7. The molecule has 2 aromatic rings. The molecule has 1 atom stereocenters. The second kappa shape index (κ2) is 6.32. The van der Waals surface area contributed by atoms with Gasteiger partial charge in [0, 0.05) is 25.2 Å². The van der Waals surface area contributed by atoms with E-state index in [0.29, 0.717) is 5.92 Å². The molecule has 23 heavy (non-hydrogen) atoms. The lowest BCUT2D eigenvalue weighted by atomic mass is 9.90. The van der Waals surface area contributed by atoms with Crippen LogP contribution in [0.1, 0.15) is 48.8 Å². The van der Waals surface area contributed by atoms with Gasteiger partial charge in [-0.05, 0) is 43.4 Å². The minimum absolute atomic E-state index is 0.484. The van der Waals surface area contributed by atoms with Crippen LogP contribution in [-0.2, 0) is 19.5 Å². The van der Waals surface area contributed by atoms with Crippen molar-refractivity contribution in [3.63, 3.8) is 0 Å². The molecule has 5 heteroatoms. The second-order valence-corrected chi connectivity index (χ2v) is 6.70. The summed E-state index contributed by atoms with van der Waals surface area (Å²) in [7, 11) is 0. The van der Waals surface area contributed by atoms with Crippen molar-refractivity contribution in [3.8, 4) is 0 Å². The van der Waals surface area contributed by atoms with Crippen LogP contribution in [0.3, 0.4) is 0 Å². The molecular formula is C18H25N5. The average Bonchev–Trinajstić information content (AvgIpc) is 2.82. The largest absolute Gasteiger partial charge is 0.364 e. The fourth-order valence-electron chi connectivity index (χ4n) is 3.95. The molecule has 1 aromatic heterocycles. The Labute approximate surface area is 137 Å². The van der Waals surface area contributed by atoms with Gasteiger partial charge < -0.3 is 15.2 Å². The minimum Gasteiger partial charge on any atom is -0.364 e. The molecule has 2 N–H and O–H groups in total. The number of para-hydroxylation sites is 1. The maximum Gasteiger partial charge on any atom is 0.152 e. The van der Waals surface area contributed by atoms with E-state index in [1.807, 2.05) is 0 Å². The molecule has 0 saturated heterocycles. The molecule has 1 aromatic carbocycles. The number of benzene rings is 1. The van der Waals surface area contributed by atoms with Gasteiger partial charge in [-0.3, -0.25) is 0 Å². The average molecular weight is 311 g/mol. The summed E-state index contributed by atoms with van der Waals surface area (Å²) in [6, 6.07) is 8.68. The zero-order valence-electron chi connectivity index (χ0n) is 13.6. The van der Waals surface area contributed by atoms with Gasteiger partial charge >= 0.3 is 0 Å². The molecule has 5 nitrogen and oxygen atoms in total. The zero-order valence-corrected chi connectivity index (χ0v) is 13.6. The van der Waals surface area contributed by atoms with E-state index >= 15 is 0 Å². The Morgan fingerprint density at radius 1 is 1.09 bits per heavy atom. The normalized spacial score (nSPS) is 20.7. The van der Waals surface area contributed by atoms with E-state index in [-0.39, 0.29) is 0 Å². The van der Waals surface area contributed by atoms with E-state index in [9.17, 15) is 0 Å². The lowest BCUT2D eigenvalue weighted by Gasteiger charge is -2.35. The van der Waals surface area contributed by atoms with E-state index in [0.717, 1.165) is 44.8 Å². The third-order valence-corrected chi connectivity index (χ3v) is 5.27. The van der Waals surface area contributed by atoms with E-state index in [1.54, 1.807) is 0 Å². The van der Waals surface area contributed by atoms with Crippen LogP contribution in [0.15, 0.2) is 24.3 Å². The van der Waals surface area contributed by atoms with Crippen LogP contribution in [0.5, 0.6) is 0 Å². The lowest BCUT2D eigenvalue weighted by Crippen LogP contribution is -2.33. The van der Waals surface area contributed by atoms with Gasteiger partial charge in [0.15, 0.2) is 5.82 Å². The van der Waals surface area contributed by atoms with E-state index < -0.39 is 0 Å². The van der Waals surface area contributed by atoms with Gasteiger partial charge in [-0.1, -0.05) is 24.6 Å². The number of hydrogen-bond acceptors (Lipinski definition) is 4. The first-order valence-corrected chi connectivity index (χ1v) is 8.81. The van der Waals surface area contributed by atoms with Crippen molar-refractivity contribution >= 4 is 5.69 Å². The topological polar surface area (TPSA) is 60.0 Å². The van der Waals surface area contributed by atoms with Crippen LogP contribution >= 0.6 is 0 Å². The Balaban J connectivity index is 1.61. The van der Waals surface area contributed by atoms with Crippen LogP contribution in [0, 0.1) is 0 Å². The number of aromatic nitrogens is 3. The molecule has 3 heterocycles. The molecule has 0 radical (unpaired) electrons. The molecule has 0 bridgehead atoms. The highest BCUT2D eigenvalue weighted by Gasteiger charge is 2.25. The number of anilines is 1. The maximum absolute atomic E-state index is 5.96. The molecule has 2 aliphatic heterocycles. The molecule has 0 spiro atoms. The summed E-state index contributed by atoms with van der Waals surface area (Å²) in [5.41, 5.74) is 8.67. The number of aryl methyl sites for hydroxylation is 1. The fraction of sp³-hybridized carbons (Fsp3) is 0.556. The third kappa shape index (κ3) is 2.74. The zero-order chi connectivity index (χ0) is 15.6. The summed E-state index contributed by atoms with van der Waals surface area (Å²) in [6.07, 6.45) is 5.97. The van der Waals surface area contributed by atoms with Gasteiger partial charge in [0.2, 0.25) is 0 Å². The van der Waals surface area contributed by atoms with Gasteiger partial charge in [-0.25, -0.2) is 0 Å². The highest BCUT2D eigenvalue weighted by Crippen LogP contribution is 2.35. The number of rotatable bonds is 3. The number of hydrogen-bond donors (Lipinski definition) is 1. The van der Waals surface area contributed by atoms with Crippen molar-refractivity contribution in [2.75, 3.05) is 18.0 Å². The van der Waals surface area contributed by atoms with Crippen molar-refractivity contribution < 1.29 is 0 Å². The van der Waals surface area contributed by atoms with Crippen molar-refractivity contribution in [2.24, 2.45) is 5.73 Å². The summed E-state index contributed by atoms with van der Waals surface area (Å²) in [5.74, 6) is 2.77. The number of nitrogens with two attached hydrogens (primary N) is 1. The Kier molecular flexibility index (Phi) is 4.04. The Morgan fingerprint density at radius 2 is 2.00 bits per heavy atom. The summed E-state index contributed by atoms with van der Waals surface area (Å²) >= 11 is 0. The van der Waals surface area contributed by atoms with Crippen LogP contribution in [0.2, 0.25) is 0 Å². The third-order valence-electron chi connectivity index (χ3n) is 5.27. The monoisotopic (exact) mass is 311 g/mol. The van der Waals surface area contributed by atoms with Crippen molar-refractivity contribution in [2.45, 2.75) is 51.1 Å². The van der Waals surface area contributed by atoms with Crippen LogP contribution in [0.4, 0.5) is 5.69 Å². The van der Waals surface area contributed by atoms with Gasteiger partial charge in [-0.15, -0.1) is 10.2 Å². The first-order valence-electron chi connectivity index (χ1n) is 8.81. The quantitative estimate of drug-likeness (QED) is 0.946. The molecule has 0 fully saturated rings. The van der Waals surface area contributed by atoms with Gasteiger partial charge in [0.05, 0.1) is 6.54 Å². The predicted molar refractivity (Wildman–Crippen MR) is 91.5 cm³/mol. The SMILES string of the molecule is NCC1CCN(Cc2nnc3n2CCCCC3)c2ccccc21. The van der Waals surface area contributed by atoms with Crippen molar-refractivity contribution in [1.29, 1.82) is 0 Å². The lowest BCUT2D eigenvalue weighted by molar-refractivity contribution is 0.555. The van der Waals surface area contributed by atoms with Crippen molar-refractivity contribution in [1.82, 2.24) is 14.8 Å². The molecule has 1 unspecified atom stereocenters. The Hall–Kier alpha value is -1.88. The maximum atomic E-state index is 5.96. The Morgan fingerprint density at radius 3 is 2.91 bits per heavy atom. The van der Waals surface area contributed by atoms with E-state index in [1.165, 1.54) is 36.3 Å². The summed E-state index contributed by atoms with van der Waals surface area (Å²) in [5, 5.41) is 8.93. The standard InChI is InChI=1S/C18H25N5/c19-12-14-9-11-22(16-7-4-3-6-15(14)16)13-18-21-20-17-8-2-1-5-10-23(17)18/h3-4,6-7,14H,1-2,5,8-13,19H2. The molecule has 0 saturated carbocycles. The molecule has 2 aliphatic rings. The van der Waals surface area contributed by atoms with Gasteiger partial charge in [0.1, 0.15) is 5.82 Å². The van der Waals surface area contributed by atoms with Crippen LogP contribution in [-0.4, -0.2) is 27.9 Å². The molecule has 122 valence electrons. The molecule has 4 rings (SSSR count). The molecular weight excluding hydrogens is 286 g/mol. The van der Waals surface area contributed by atoms with E-state index in [4.69, 9.17) is 5.73 Å². The number of nitrogens with zero attached hydrogens (tertiary/aromatic N) is 4. The molecule has 0 aliphatic carbocycles. The second-order valence-electron chi connectivity index (χ2n) is 6.70. The van der Waals surface area contributed by atoms with E-state index in [2.05, 4.69) is 43.9 Å². The fourth-order valence-corrected chi connectivity index (χ4v) is 3.95.